The fourth-order valence-corrected chi connectivity index (χ4v) is 5.71. The maximum atomic E-state index is 11.8. The molecule has 35 heavy (non-hydrogen) atoms. The van der Waals surface area contributed by atoms with Gasteiger partial charge in [0.25, 0.3) is 5.24 Å². The van der Waals surface area contributed by atoms with E-state index in [9.17, 15) is 23.9 Å². The summed E-state index contributed by atoms with van der Waals surface area (Å²) in [7, 11) is -4.68. The molecule has 11 heteroatoms. The van der Waals surface area contributed by atoms with Gasteiger partial charge in [0.2, 0.25) is 5.91 Å². The number of phosphoric acid groups is 1. The first-order valence-electron chi connectivity index (χ1n) is 11.2. The molecule has 2 amide bonds. The highest BCUT2D eigenvalue weighted by Crippen LogP contribution is 2.48. The van der Waals surface area contributed by atoms with Gasteiger partial charge in [0.15, 0.2) is 0 Å². The molecule has 2 aliphatic heterocycles. The molecule has 1 saturated heterocycles. The molecule has 0 spiro atoms. The zero-order valence-electron chi connectivity index (χ0n) is 19.9. The number of phosphoric ester groups is 1. The predicted octanol–water partition coefficient (Wildman–Crippen LogP) is 4.14. The van der Waals surface area contributed by atoms with E-state index in [2.05, 4.69) is 5.32 Å². The summed E-state index contributed by atoms with van der Waals surface area (Å²) in [6.07, 6.45) is 1.77. The van der Waals surface area contributed by atoms with Gasteiger partial charge in [-0.3, -0.25) is 24.7 Å². The van der Waals surface area contributed by atoms with Crippen LogP contribution in [0.4, 0.5) is 4.79 Å². The first kappa shape index (κ1) is 25.6. The van der Waals surface area contributed by atoms with E-state index in [-0.39, 0.29) is 16.9 Å². The fraction of sp³-hybridized carbons (Fsp3) is 0.417. The van der Waals surface area contributed by atoms with Crippen LogP contribution in [0.2, 0.25) is 0 Å². The lowest BCUT2D eigenvalue weighted by Crippen LogP contribution is -2.42. The zero-order valence-corrected chi connectivity index (χ0v) is 21.6. The maximum Gasteiger partial charge on any atom is 0.524 e. The fourth-order valence-electron chi connectivity index (χ4n) is 4.34. The van der Waals surface area contributed by atoms with Crippen molar-refractivity contribution >= 4 is 30.7 Å². The highest BCUT2D eigenvalue weighted by molar-refractivity contribution is 8.15. The minimum Gasteiger partial charge on any atom is -0.489 e. The monoisotopic (exact) mass is 521 g/mol. The minimum absolute atomic E-state index is 0.205. The summed E-state index contributed by atoms with van der Waals surface area (Å²) in [6.45, 7) is 7.66. The molecule has 2 unspecified atom stereocenters. The molecular weight excluding hydrogens is 493 g/mol. The lowest BCUT2D eigenvalue weighted by molar-refractivity contribution is -0.118. The van der Waals surface area contributed by atoms with Crippen molar-refractivity contribution in [1.29, 1.82) is 0 Å². The lowest BCUT2D eigenvalue weighted by atomic mass is 9.87. The number of imide groups is 1. The summed E-state index contributed by atoms with van der Waals surface area (Å²) in [6, 6.07) is 7.43. The van der Waals surface area contributed by atoms with Crippen molar-refractivity contribution in [3.05, 3.63) is 52.1 Å². The lowest BCUT2D eigenvalue weighted by Gasteiger charge is -2.38. The van der Waals surface area contributed by atoms with Crippen LogP contribution in [0.25, 0.3) is 0 Å². The summed E-state index contributed by atoms with van der Waals surface area (Å²) in [4.78, 5) is 41.7. The maximum absolute atomic E-state index is 11.8. The number of thioether (sulfide) groups is 1. The molecule has 2 aliphatic rings. The van der Waals surface area contributed by atoms with Crippen LogP contribution >= 0.6 is 19.6 Å². The largest absolute Gasteiger partial charge is 0.524 e. The van der Waals surface area contributed by atoms with Crippen LogP contribution in [-0.4, -0.2) is 38.4 Å². The van der Waals surface area contributed by atoms with Gasteiger partial charge in [0.05, 0.1) is 5.25 Å². The van der Waals surface area contributed by atoms with Gasteiger partial charge in [-0.1, -0.05) is 23.9 Å². The van der Waals surface area contributed by atoms with Crippen molar-refractivity contribution in [1.82, 2.24) is 5.32 Å². The van der Waals surface area contributed by atoms with Crippen LogP contribution < -0.4 is 19.3 Å². The van der Waals surface area contributed by atoms with Crippen LogP contribution in [0.5, 0.6) is 17.2 Å². The Morgan fingerprint density at radius 3 is 2.43 bits per heavy atom. The Labute approximate surface area is 207 Å². The van der Waals surface area contributed by atoms with E-state index in [1.54, 1.807) is 13.8 Å². The molecular formula is C24H28NO8PS. The number of hydrogen-bond acceptors (Lipinski definition) is 7. The van der Waals surface area contributed by atoms with Gasteiger partial charge in [-0.05, 0) is 81.3 Å². The summed E-state index contributed by atoms with van der Waals surface area (Å²) in [5.41, 5.74) is 3.28. The Balaban J connectivity index is 1.43. The van der Waals surface area contributed by atoms with Crippen molar-refractivity contribution in [3.63, 3.8) is 0 Å². The van der Waals surface area contributed by atoms with E-state index in [0.717, 1.165) is 28.5 Å². The van der Waals surface area contributed by atoms with Crippen LogP contribution in [0.3, 0.4) is 0 Å². The van der Waals surface area contributed by atoms with Crippen LogP contribution in [-0.2, 0) is 22.2 Å². The van der Waals surface area contributed by atoms with Gasteiger partial charge in [-0.25, -0.2) is 4.57 Å². The van der Waals surface area contributed by atoms with Crippen molar-refractivity contribution in [3.8, 4) is 17.2 Å². The van der Waals surface area contributed by atoms with Crippen LogP contribution in [0.1, 0.15) is 41.2 Å². The molecule has 0 aliphatic carbocycles. The highest BCUT2D eigenvalue weighted by atomic mass is 32.2. The van der Waals surface area contributed by atoms with Gasteiger partial charge in [-0.2, -0.15) is 0 Å². The molecule has 9 nitrogen and oxygen atoms in total. The molecule has 2 aromatic rings. The van der Waals surface area contributed by atoms with Crippen molar-refractivity contribution in [2.75, 3.05) is 6.61 Å². The highest BCUT2D eigenvalue weighted by Gasteiger charge is 2.36. The molecule has 2 heterocycles. The van der Waals surface area contributed by atoms with E-state index in [1.807, 2.05) is 38.1 Å². The van der Waals surface area contributed by atoms with Gasteiger partial charge in [0, 0.05) is 5.56 Å². The van der Waals surface area contributed by atoms with Gasteiger partial charge >= 0.3 is 7.82 Å². The molecule has 2 aromatic carbocycles. The van der Waals surface area contributed by atoms with Gasteiger partial charge in [-0.15, -0.1) is 0 Å². The minimum atomic E-state index is -4.68. The molecule has 1 fully saturated rings. The number of benzene rings is 2. The predicted molar refractivity (Wildman–Crippen MR) is 131 cm³/mol. The third-order valence-corrected chi connectivity index (χ3v) is 7.83. The molecule has 0 aromatic heterocycles. The van der Waals surface area contributed by atoms with Crippen LogP contribution in [0.15, 0.2) is 24.3 Å². The normalized spacial score (nSPS) is 21.8. The Bertz CT molecular complexity index is 1230. The van der Waals surface area contributed by atoms with Crippen molar-refractivity contribution < 1.29 is 37.9 Å². The Morgan fingerprint density at radius 1 is 1.14 bits per heavy atom. The number of carbonyl (C=O) groups excluding carboxylic acids is 2. The number of ether oxygens (including phenoxy) is 2. The SMILES string of the molecule is Cc1c(C)c2c(c(C)c1OP(=O)(O)O)CCC(C)(COc1ccc(CC3SC(=O)NC3=O)cc1)O2. The second-order valence-corrected chi connectivity index (χ2v) is 11.5. The average molecular weight is 522 g/mol. The van der Waals surface area contributed by atoms with E-state index in [4.69, 9.17) is 14.0 Å². The number of amides is 2. The van der Waals surface area contributed by atoms with Crippen molar-refractivity contribution in [2.45, 2.75) is 57.8 Å². The summed E-state index contributed by atoms with van der Waals surface area (Å²) in [5.74, 6) is 1.31. The molecule has 4 rings (SSSR count). The first-order chi connectivity index (χ1) is 16.3. The van der Waals surface area contributed by atoms with E-state index < -0.39 is 18.7 Å². The Kier molecular flexibility index (Phi) is 6.94. The molecule has 0 saturated carbocycles. The zero-order chi connectivity index (χ0) is 25.5. The number of rotatable bonds is 7. The third kappa shape index (κ3) is 5.67. The molecule has 3 N–H and O–H groups in total. The van der Waals surface area contributed by atoms with E-state index in [1.165, 1.54) is 0 Å². The molecule has 0 radical (unpaired) electrons. The Hall–Kier alpha value is -2.52. The average Bonchev–Trinajstić information content (AvgIpc) is 3.10. The van der Waals surface area contributed by atoms with Crippen molar-refractivity contribution in [2.24, 2.45) is 0 Å². The topological polar surface area (TPSA) is 131 Å². The smallest absolute Gasteiger partial charge is 0.489 e. The molecule has 188 valence electrons. The standard InChI is InChI=1S/C24H28NO8PS/c1-13-14(2)21-18(15(3)20(13)33-34(28,29)30)9-10-24(4,32-21)12-31-17-7-5-16(6-8-17)11-19-22(26)25-23(27)35-19/h5-8,19H,9-12H2,1-4H3,(H,25,26,27)(H2,28,29,30). The summed E-state index contributed by atoms with van der Waals surface area (Å²) in [5, 5.41) is 1.57. The Morgan fingerprint density at radius 2 is 1.83 bits per heavy atom. The summed E-state index contributed by atoms with van der Waals surface area (Å²) < 4.78 is 28.8. The van der Waals surface area contributed by atoms with Gasteiger partial charge < -0.3 is 14.0 Å². The molecule has 0 bridgehead atoms. The van der Waals surface area contributed by atoms with E-state index >= 15 is 0 Å². The second-order valence-electron chi connectivity index (χ2n) is 9.17. The van der Waals surface area contributed by atoms with E-state index in [0.29, 0.717) is 48.5 Å². The van der Waals surface area contributed by atoms with Gasteiger partial charge in [0.1, 0.15) is 29.5 Å². The van der Waals surface area contributed by atoms with Crippen LogP contribution in [0, 0.1) is 20.8 Å². The quantitative estimate of drug-likeness (QED) is 0.460. The second kappa shape index (κ2) is 9.50. The number of nitrogens with one attached hydrogen (secondary N) is 1. The number of fused-ring (bicyclic) bond motifs is 1. The number of hydrogen-bond donors (Lipinski definition) is 3. The summed E-state index contributed by atoms with van der Waals surface area (Å²) >= 11 is 1.01. The number of carbonyl (C=O) groups is 2. The third-order valence-electron chi connectivity index (χ3n) is 6.43. The first-order valence-corrected chi connectivity index (χ1v) is 13.6. The molecule has 2 atom stereocenters.